The van der Waals surface area contributed by atoms with Crippen LogP contribution in [0.5, 0.6) is 0 Å². The van der Waals surface area contributed by atoms with Gasteiger partial charge in [0.05, 0.1) is 6.61 Å². The highest BCUT2D eigenvalue weighted by Gasteiger charge is 2.47. The van der Waals surface area contributed by atoms with Crippen LogP contribution in [0, 0.1) is 49.4 Å². The first-order chi connectivity index (χ1) is 11.7. The molecule has 0 radical (unpaired) electrons. The van der Waals surface area contributed by atoms with Crippen molar-refractivity contribution in [3.63, 3.8) is 0 Å². The van der Waals surface area contributed by atoms with E-state index in [0.717, 1.165) is 0 Å². The second-order valence-corrected chi connectivity index (χ2v) is 4.72. The van der Waals surface area contributed by atoms with Gasteiger partial charge in [0.15, 0.2) is 6.29 Å². The largest absolute Gasteiger partial charge is 0.366 e. The molecule has 0 aromatic carbocycles. The Morgan fingerprint density at radius 3 is 1.79 bits per heavy atom. The molecule has 1 rings (SSSR count). The number of terminal acetylenes is 4. The molecule has 1 aliphatic heterocycles. The van der Waals surface area contributed by atoms with Gasteiger partial charge in [0.2, 0.25) is 0 Å². The van der Waals surface area contributed by atoms with Crippen LogP contribution in [0.15, 0.2) is 0 Å². The van der Waals surface area contributed by atoms with Crippen molar-refractivity contribution in [3.05, 3.63) is 0 Å². The fourth-order valence-electron chi connectivity index (χ4n) is 2.26. The molecule has 1 heterocycles. The fourth-order valence-corrected chi connectivity index (χ4v) is 2.26. The van der Waals surface area contributed by atoms with Crippen molar-refractivity contribution in [3.8, 4) is 49.4 Å². The second-order valence-electron chi connectivity index (χ2n) is 4.72. The topological polar surface area (TPSA) is 66.4 Å². The van der Waals surface area contributed by atoms with Crippen LogP contribution in [0.3, 0.4) is 0 Å². The van der Waals surface area contributed by atoms with Crippen LogP contribution < -0.4 is 0 Å². The number of ether oxygens (including phenoxy) is 5. The number of aliphatic hydroxyl groups excluding tert-OH is 1. The van der Waals surface area contributed by atoms with Gasteiger partial charge in [-0.1, -0.05) is 23.7 Å². The summed E-state index contributed by atoms with van der Waals surface area (Å²) in [5.41, 5.74) is 0. The molecule has 1 N–H and O–H groups in total. The molecule has 2 unspecified atom stereocenters. The molecule has 1 saturated heterocycles. The molecule has 6 nitrogen and oxygen atoms in total. The number of rotatable bonds is 9. The van der Waals surface area contributed by atoms with Crippen molar-refractivity contribution in [1.29, 1.82) is 0 Å². The molecular weight excluding hydrogens is 312 g/mol. The van der Waals surface area contributed by atoms with Gasteiger partial charge in [0, 0.05) is 0 Å². The standard InChI is InChI=1S/C18H20O6/c1-5-9-20-13-14-15(21-10-6-2)16(22-11-7-3)17(18(19)24-14)23-12-8-4/h1-4,14-19H,9-13H2/t14?,15-,16+,17?,18-/m1/s1. The summed E-state index contributed by atoms with van der Waals surface area (Å²) in [5.74, 6) is 9.38. The van der Waals surface area contributed by atoms with Gasteiger partial charge in [-0.3, -0.25) is 0 Å². The molecule has 1 fully saturated rings. The lowest BCUT2D eigenvalue weighted by Crippen LogP contribution is -2.61. The smallest absolute Gasteiger partial charge is 0.184 e. The molecule has 1 aliphatic rings. The Balaban J connectivity index is 2.94. The minimum atomic E-state index is -1.30. The molecule has 5 atom stereocenters. The van der Waals surface area contributed by atoms with Crippen LogP contribution in [0.2, 0.25) is 0 Å². The molecule has 24 heavy (non-hydrogen) atoms. The minimum absolute atomic E-state index is 0.00747. The third kappa shape index (κ3) is 5.89. The first-order valence-corrected chi connectivity index (χ1v) is 7.19. The van der Waals surface area contributed by atoms with E-state index >= 15 is 0 Å². The van der Waals surface area contributed by atoms with Gasteiger partial charge >= 0.3 is 0 Å². The van der Waals surface area contributed by atoms with E-state index in [-0.39, 0.29) is 33.0 Å². The maximum Gasteiger partial charge on any atom is 0.184 e. The third-order valence-corrected chi connectivity index (χ3v) is 3.15. The van der Waals surface area contributed by atoms with Crippen LogP contribution in [0.25, 0.3) is 0 Å². The van der Waals surface area contributed by atoms with Gasteiger partial charge in [0.1, 0.15) is 50.8 Å². The summed E-state index contributed by atoms with van der Waals surface area (Å²) in [4.78, 5) is 0. The molecule has 0 saturated carbocycles. The van der Waals surface area contributed by atoms with E-state index in [4.69, 9.17) is 49.4 Å². The van der Waals surface area contributed by atoms with E-state index in [9.17, 15) is 5.11 Å². The number of hydrogen-bond acceptors (Lipinski definition) is 6. The fraction of sp³-hybridized carbons (Fsp3) is 0.556. The van der Waals surface area contributed by atoms with Crippen molar-refractivity contribution < 1.29 is 28.8 Å². The predicted octanol–water partition coefficient (Wildman–Crippen LogP) is -0.591. The Kier molecular flexibility index (Phi) is 9.62. The summed E-state index contributed by atoms with van der Waals surface area (Å²) >= 11 is 0. The molecule has 0 bridgehead atoms. The molecule has 6 heteroatoms. The lowest BCUT2D eigenvalue weighted by Gasteiger charge is -2.43. The van der Waals surface area contributed by atoms with E-state index in [1.807, 2.05) is 0 Å². The third-order valence-electron chi connectivity index (χ3n) is 3.15. The zero-order valence-corrected chi connectivity index (χ0v) is 13.2. The van der Waals surface area contributed by atoms with Crippen LogP contribution in [-0.4, -0.2) is 68.8 Å². The van der Waals surface area contributed by atoms with E-state index in [1.165, 1.54) is 0 Å². The van der Waals surface area contributed by atoms with Gasteiger partial charge in [-0.15, -0.1) is 25.7 Å². The molecule has 0 aromatic rings. The molecular formula is C18H20O6. The van der Waals surface area contributed by atoms with Crippen LogP contribution in [0.1, 0.15) is 0 Å². The molecule has 0 aromatic heterocycles. The summed E-state index contributed by atoms with van der Waals surface area (Å²) in [6, 6.07) is 0. The molecule has 0 spiro atoms. The van der Waals surface area contributed by atoms with E-state index < -0.39 is 30.7 Å². The zero-order chi connectivity index (χ0) is 17.8. The Morgan fingerprint density at radius 1 is 0.750 bits per heavy atom. The maximum atomic E-state index is 10.2. The summed E-state index contributed by atoms with van der Waals surface area (Å²) < 4.78 is 27.4. The second kappa shape index (κ2) is 11.5. The molecule has 0 amide bonds. The highest BCUT2D eigenvalue weighted by atomic mass is 16.7. The van der Waals surface area contributed by atoms with Crippen LogP contribution in [-0.2, 0) is 23.7 Å². The summed E-state index contributed by atoms with van der Waals surface area (Å²) in [6.45, 7) is 0.120. The Hall–Kier alpha value is -2.00. The van der Waals surface area contributed by atoms with Crippen molar-refractivity contribution >= 4 is 0 Å². The van der Waals surface area contributed by atoms with Crippen LogP contribution >= 0.6 is 0 Å². The Labute approximate surface area is 142 Å². The average molecular weight is 332 g/mol. The summed E-state index contributed by atoms with van der Waals surface area (Å²) in [5, 5.41) is 10.2. The zero-order valence-electron chi connectivity index (χ0n) is 13.2. The number of hydrogen-bond donors (Lipinski definition) is 1. The van der Waals surface area contributed by atoms with Crippen LogP contribution in [0.4, 0.5) is 0 Å². The van der Waals surface area contributed by atoms with Gasteiger partial charge < -0.3 is 28.8 Å². The summed E-state index contributed by atoms with van der Waals surface area (Å²) in [7, 11) is 0. The van der Waals surface area contributed by atoms with Gasteiger partial charge in [-0.25, -0.2) is 0 Å². The minimum Gasteiger partial charge on any atom is -0.366 e. The SMILES string of the molecule is C#CCOCC1O[C@@H](O)C(OCC#C)[C@@H](OCC#C)[C@@H]1OCC#C. The molecule has 128 valence electrons. The van der Waals surface area contributed by atoms with Gasteiger partial charge in [-0.2, -0.15) is 0 Å². The van der Waals surface area contributed by atoms with Gasteiger partial charge in [0.25, 0.3) is 0 Å². The van der Waals surface area contributed by atoms with Crippen molar-refractivity contribution in [1.82, 2.24) is 0 Å². The monoisotopic (exact) mass is 332 g/mol. The first-order valence-electron chi connectivity index (χ1n) is 7.19. The molecule has 0 aliphatic carbocycles. The van der Waals surface area contributed by atoms with Crippen molar-refractivity contribution in [2.45, 2.75) is 30.7 Å². The predicted molar refractivity (Wildman–Crippen MR) is 86.3 cm³/mol. The van der Waals surface area contributed by atoms with Gasteiger partial charge in [-0.05, 0) is 0 Å². The van der Waals surface area contributed by atoms with E-state index in [2.05, 4.69) is 23.7 Å². The lowest BCUT2D eigenvalue weighted by atomic mass is 9.98. The van der Waals surface area contributed by atoms with Crippen molar-refractivity contribution in [2.75, 3.05) is 33.0 Å². The van der Waals surface area contributed by atoms with E-state index in [1.54, 1.807) is 0 Å². The summed E-state index contributed by atoms with van der Waals surface area (Å²) in [6.07, 6.45) is 16.5. The normalized spacial score (nSPS) is 29.0. The number of aliphatic hydroxyl groups is 1. The highest BCUT2D eigenvalue weighted by molar-refractivity contribution is 4.97. The average Bonchev–Trinajstić information content (AvgIpc) is 2.58. The van der Waals surface area contributed by atoms with E-state index in [0.29, 0.717) is 0 Å². The lowest BCUT2D eigenvalue weighted by molar-refractivity contribution is -0.306. The van der Waals surface area contributed by atoms with Crippen molar-refractivity contribution in [2.24, 2.45) is 0 Å². The Morgan fingerprint density at radius 2 is 1.25 bits per heavy atom. The Bertz CT molecular complexity index is 532. The quantitative estimate of drug-likeness (QED) is 0.450. The highest BCUT2D eigenvalue weighted by Crippen LogP contribution is 2.27. The maximum absolute atomic E-state index is 10.2. The first kappa shape index (κ1) is 20.0.